The number of para-hydroxylation sites is 3. The Bertz CT molecular complexity index is 1230. The van der Waals surface area contributed by atoms with Crippen LogP contribution in [0.15, 0.2) is 70.0 Å². The van der Waals surface area contributed by atoms with Crippen molar-refractivity contribution < 1.29 is 4.42 Å². The molecule has 0 amide bonds. The van der Waals surface area contributed by atoms with E-state index in [1.165, 1.54) is 59.0 Å². The van der Waals surface area contributed by atoms with Crippen molar-refractivity contribution in [3.8, 4) is 0 Å². The van der Waals surface area contributed by atoms with Gasteiger partial charge >= 0.3 is 0 Å². The zero-order chi connectivity index (χ0) is 21.6. The van der Waals surface area contributed by atoms with Gasteiger partial charge in [-0.25, -0.2) is 10.0 Å². The second-order valence-electron chi connectivity index (χ2n) is 9.68. The van der Waals surface area contributed by atoms with E-state index in [9.17, 15) is 0 Å². The normalized spacial score (nSPS) is 16.1. The van der Waals surface area contributed by atoms with Crippen molar-refractivity contribution in [2.24, 2.45) is 0 Å². The summed E-state index contributed by atoms with van der Waals surface area (Å²) >= 11 is 0. The third-order valence-electron chi connectivity index (χ3n) is 6.83. The third kappa shape index (κ3) is 3.63. The Balaban J connectivity index is 1.66. The first-order valence-electron chi connectivity index (χ1n) is 11.4. The van der Waals surface area contributed by atoms with Crippen LogP contribution in [0.4, 0.5) is 11.4 Å². The van der Waals surface area contributed by atoms with E-state index >= 15 is 0 Å². The maximum Gasteiger partial charge on any atom is 0.159 e. The SMILES string of the molecule is CN(c1ccccc1C1CCCCC1)c1cccc2c1oc1c(S(C)(C)C)cccc12. The monoisotopic (exact) mass is 431 g/mol. The number of rotatable bonds is 4. The van der Waals surface area contributed by atoms with Gasteiger partial charge in [0.05, 0.1) is 5.69 Å². The molecular weight excluding hydrogens is 398 g/mol. The van der Waals surface area contributed by atoms with Gasteiger partial charge in [0.25, 0.3) is 0 Å². The van der Waals surface area contributed by atoms with E-state index in [2.05, 4.69) is 91.4 Å². The van der Waals surface area contributed by atoms with Gasteiger partial charge in [0.2, 0.25) is 0 Å². The van der Waals surface area contributed by atoms with Crippen LogP contribution in [0.25, 0.3) is 21.9 Å². The molecule has 162 valence electrons. The molecular formula is C28H33NOS. The Morgan fingerprint density at radius 2 is 1.39 bits per heavy atom. The predicted octanol–water partition coefficient (Wildman–Crippen LogP) is 8.45. The Labute approximate surface area is 187 Å². The first-order valence-corrected chi connectivity index (χ1v) is 14.3. The molecule has 1 aromatic heterocycles. The van der Waals surface area contributed by atoms with Crippen LogP contribution in [-0.4, -0.2) is 25.8 Å². The van der Waals surface area contributed by atoms with Gasteiger partial charge in [-0.15, -0.1) is 0 Å². The Hall–Kier alpha value is -2.39. The largest absolute Gasteiger partial charge is 0.453 e. The highest BCUT2D eigenvalue weighted by Gasteiger charge is 2.23. The zero-order valence-electron chi connectivity index (χ0n) is 19.2. The molecule has 0 spiro atoms. The van der Waals surface area contributed by atoms with Gasteiger partial charge in [0.15, 0.2) is 5.58 Å². The van der Waals surface area contributed by atoms with Crippen LogP contribution in [0, 0.1) is 0 Å². The molecule has 0 saturated heterocycles. The molecule has 0 unspecified atom stereocenters. The molecule has 0 aliphatic heterocycles. The second-order valence-corrected chi connectivity index (χ2v) is 13.8. The predicted molar refractivity (Wildman–Crippen MR) is 138 cm³/mol. The molecule has 5 rings (SSSR count). The van der Waals surface area contributed by atoms with Gasteiger partial charge in [-0.1, -0.05) is 61.7 Å². The van der Waals surface area contributed by atoms with Crippen LogP contribution < -0.4 is 4.90 Å². The summed E-state index contributed by atoms with van der Waals surface area (Å²) in [5.74, 6) is 0.665. The van der Waals surface area contributed by atoms with E-state index < -0.39 is 10.0 Å². The average molecular weight is 432 g/mol. The summed E-state index contributed by atoms with van der Waals surface area (Å²) in [5, 5.41) is 2.44. The zero-order valence-corrected chi connectivity index (χ0v) is 20.0. The standard InChI is InChI=1S/C28H33NOS/c1-29(24-17-9-8-14-21(24)20-12-6-5-7-13-20)25-18-10-15-22-23-16-11-19-26(31(2,3)4)28(23)30-27(22)25/h8-11,14-20H,5-7,12-13H2,1-4H3. The minimum Gasteiger partial charge on any atom is -0.453 e. The molecule has 1 aliphatic carbocycles. The topological polar surface area (TPSA) is 16.4 Å². The molecule has 4 aromatic rings. The number of hydrogen-bond donors (Lipinski definition) is 0. The number of hydrogen-bond acceptors (Lipinski definition) is 2. The van der Waals surface area contributed by atoms with Crippen LogP contribution in [0.2, 0.25) is 0 Å². The summed E-state index contributed by atoms with van der Waals surface area (Å²) in [6, 6.07) is 22.2. The van der Waals surface area contributed by atoms with Crippen LogP contribution in [0.5, 0.6) is 0 Å². The van der Waals surface area contributed by atoms with Crippen LogP contribution in [0.1, 0.15) is 43.6 Å². The van der Waals surface area contributed by atoms with Gasteiger partial charge in [0.1, 0.15) is 5.58 Å². The van der Waals surface area contributed by atoms with Crippen LogP contribution >= 0.6 is 10.0 Å². The summed E-state index contributed by atoms with van der Waals surface area (Å²) in [5.41, 5.74) is 5.99. The molecule has 1 fully saturated rings. The lowest BCUT2D eigenvalue weighted by Crippen LogP contribution is -2.15. The van der Waals surface area contributed by atoms with Gasteiger partial charge in [-0.3, -0.25) is 0 Å². The second kappa shape index (κ2) is 7.94. The smallest absolute Gasteiger partial charge is 0.159 e. The van der Waals surface area contributed by atoms with E-state index in [1.54, 1.807) is 0 Å². The van der Waals surface area contributed by atoms with Gasteiger partial charge < -0.3 is 9.32 Å². The van der Waals surface area contributed by atoms with Gasteiger partial charge in [-0.2, -0.15) is 0 Å². The fourth-order valence-corrected chi connectivity index (χ4v) is 6.40. The number of benzene rings is 3. The number of furan rings is 1. The first kappa shape index (κ1) is 20.5. The summed E-state index contributed by atoms with van der Waals surface area (Å²) in [7, 11) is 1.30. The molecule has 0 radical (unpaired) electrons. The molecule has 1 aliphatic rings. The maximum atomic E-state index is 6.65. The van der Waals surface area contributed by atoms with Crippen molar-refractivity contribution in [2.45, 2.75) is 42.9 Å². The Kier molecular flexibility index (Phi) is 5.26. The van der Waals surface area contributed by atoms with Crippen molar-refractivity contribution in [1.82, 2.24) is 0 Å². The van der Waals surface area contributed by atoms with Gasteiger partial charge in [0, 0.05) is 28.4 Å². The van der Waals surface area contributed by atoms with E-state index in [4.69, 9.17) is 4.42 Å². The summed E-state index contributed by atoms with van der Waals surface area (Å²) in [6.45, 7) is 0. The van der Waals surface area contributed by atoms with Crippen molar-refractivity contribution in [1.29, 1.82) is 0 Å². The lowest BCUT2D eigenvalue weighted by Gasteiger charge is -2.29. The van der Waals surface area contributed by atoms with Crippen molar-refractivity contribution in [3.05, 3.63) is 66.2 Å². The van der Waals surface area contributed by atoms with E-state index in [0.29, 0.717) is 5.92 Å². The number of anilines is 2. The minimum atomic E-state index is -0.891. The van der Waals surface area contributed by atoms with Crippen molar-refractivity contribution >= 4 is 43.3 Å². The summed E-state index contributed by atoms with van der Waals surface area (Å²) in [6.07, 6.45) is 13.7. The van der Waals surface area contributed by atoms with E-state index in [1.807, 2.05) is 0 Å². The Morgan fingerprint density at radius 3 is 2.13 bits per heavy atom. The number of nitrogens with zero attached hydrogens (tertiary/aromatic N) is 1. The quantitative estimate of drug-likeness (QED) is 0.322. The molecule has 0 N–H and O–H groups in total. The van der Waals surface area contributed by atoms with Crippen molar-refractivity contribution in [2.75, 3.05) is 30.7 Å². The highest BCUT2D eigenvalue weighted by molar-refractivity contribution is 8.32. The molecule has 31 heavy (non-hydrogen) atoms. The summed E-state index contributed by atoms with van der Waals surface area (Å²) < 4.78 is 6.65. The lowest BCUT2D eigenvalue weighted by molar-refractivity contribution is 0.444. The molecule has 1 heterocycles. The van der Waals surface area contributed by atoms with Crippen LogP contribution in [-0.2, 0) is 0 Å². The fraction of sp³-hybridized carbons (Fsp3) is 0.357. The number of fused-ring (bicyclic) bond motifs is 3. The highest BCUT2D eigenvalue weighted by Crippen LogP contribution is 2.51. The molecule has 1 saturated carbocycles. The molecule has 0 bridgehead atoms. The molecule has 0 atom stereocenters. The highest BCUT2D eigenvalue weighted by atomic mass is 32.3. The van der Waals surface area contributed by atoms with Gasteiger partial charge in [-0.05, 0) is 61.3 Å². The lowest BCUT2D eigenvalue weighted by atomic mass is 9.83. The van der Waals surface area contributed by atoms with E-state index in [-0.39, 0.29) is 0 Å². The van der Waals surface area contributed by atoms with E-state index in [0.717, 1.165) is 16.9 Å². The fourth-order valence-electron chi connectivity index (χ4n) is 5.21. The van der Waals surface area contributed by atoms with Crippen LogP contribution in [0.3, 0.4) is 0 Å². The first-order chi connectivity index (χ1) is 14.9. The molecule has 3 heteroatoms. The minimum absolute atomic E-state index is 0.665. The molecule has 3 aromatic carbocycles. The molecule has 2 nitrogen and oxygen atoms in total. The maximum absolute atomic E-state index is 6.65. The Morgan fingerprint density at radius 1 is 0.742 bits per heavy atom. The van der Waals surface area contributed by atoms with Crippen molar-refractivity contribution in [3.63, 3.8) is 0 Å². The summed E-state index contributed by atoms with van der Waals surface area (Å²) in [4.78, 5) is 3.69. The third-order valence-corrected chi connectivity index (χ3v) is 8.47. The average Bonchev–Trinajstić information content (AvgIpc) is 3.17.